The molecule has 29 heavy (non-hydrogen) atoms. The van der Waals surface area contributed by atoms with E-state index in [-0.39, 0.29) is 11.3 Å². The first kappa shape index (κ1) is 18.3. The minimum absolute atomic E-state index is 0.0314. The SMILES string of the molecule is Oc1ccc(-n2cc(CN3CC(O)c4ccccc4C34CCCCC4)nn2)cc1. The van der Waals surface area contributed by atoms with Gasteiger partial charge in [-0.25, -0.2) is 4.68 Å². The Bertz CT molecular complexity index is 992. The molecule has 2 N–H and O–H groups in total. The molecule has 0 bridgehead atoms. The summed E-state index contributed by atoms with van der Waals surface area (Å²) in [6, 6.07) is 15.3. The molecule has 1 aliphatic carbocycles. The van der Waals surface area contributed by atoms with Crippen LogP contribution in [-0.4, -0.2) is 36.7 Å². The fraction of sp³-hybridized carbons (Fsp3) is 0.391. The second-order valence-corrected chi connectivity index (χ2v) is 8.25. The summed E-state index contributed by atoms with van der Waals surface area (Å²) in [5.41, 5.74) is 4.08. The Labute approximate surface area is 170 Å². The molecule has 5 rings (SSSR count). The summed E-state index contributed by atoms with van der Waals surface area (Å²) in [5, 5.41) is 29.0. The lowest BCUT2D eigenvalue weighted by molar-refractivity contribution is -0.0215. The molecule has 1 aromatic heterocycles. The van der Waals surface area contributed by atoms with Gasteiger partial charge in [-0.2, -0.15) is 0 Å². The van der Waals surface area contributed by atoms with Gasteiger partial charge in [0, 0.05) is 18.6 Å². The molecule has 1 aliphatic heterocycles. The quantitative estimate of drug-likeness (QED) is 0.714. The number of aliphatic hydroxyl groups excluding tert-OH is 1. The Balaban J connectivity index is 1.47. The van der Waals surface area contributed by atoms with E-state index in [1.165, 1.54) is 24.8 Å². The van der Waals surface area contributed by atoms with Crippen molar-refractivity contribution in [2.24, 2.45) is 0 Å². The van der Waals surface area contributed by atoms with E-state index in [4.69, 9.17) is 0 Å². The highest BCUT2D eigenvalue weighted by Crippen LogP contribution is 2.48. The summed E-state index contributed by atoms with van der Waals surface area (Å²) < 4.78 is 1.73. The molecule has 2 aromatic carbocycles. The summed E-state index contributed by atoms with van der Waals surface area (Å²) in [6.07, 6.45) is 7.38. The lowest BCUT2D eigenvalue weighted by atomic mass is 9.70. The van der Waals surface area contributed by atoms with Crippen molar-refractivity contribution < 1.29 is 10.2 Å². The Kier molecular flexibility index (Phi) is 4.60. The number of nitrogens with zero attached hydrogens (tertiary/aromatic N) is 4. The van der Waals surface area contributed by atoms with Crippen molar-refractivity contribution in [2.75, 3.05) is 6.54 Å². The van der Waals surface area contributed by atoms with Crippen LogP contribution in [0.2, 0.25) is 0 Å². The van der Waals surface area contributed by atoms with Crippen LogP contribution in [0.1, 0.15) is 55.0 Å². The number of rotatable bonds is 3. The number of aromatic hydroxyl groups is 1. The molecular weight excluding hydrogens is 364 g/mol. The largest absolute Gasteiger partial charge is 0.508 e. The first-order chi connectivity index (χ1) is 14.2. The minimum atomic E-state index is -0.481. The first-order valence-electron chi connectivity index (χ1n) is 10.4. The molecule has 2 aliphatic rings. The van der Waals surface area contributed by atoms with E-state index in [9.17, 15) is 10.2 Å². The third kappa shape index (κ3) is 3.22. The third-order valence-electron chi connectivity index (χ3n) is 6.51. The highest BCUT2D eigenvalue weighted by Gasteiger charge is 2.45. The van der Waals surface area contributed by atoms with Gasteiger partial charge in [0.2, 0.25) is 0 Å². The molecule has 6 nitrogen and oxygen atoms in total. The van der Waals surface area contributed by atoms with Crippen molar-refractivity contribution in [3.63, 3.8) is 0 Å². The molecule has 1 unspecified atom stereocenters. The van der Waals surface area contributed by atoms with E-state index >= 15 is 0 Å². The average Bonchev–Trinajstić information content (AvgIpc) is 3.22. The van der Waals surface area contributed by atoms with Gasteiger partial charge in [0.25, 0.3) is 0 Å². The number of hydrogen-bond donors (Lipinski definition) is 2. The minimum Gasteiger partial charge on any atom is -0.508 e. The van der Waals surface area contributed by atoms with Crippen molar-refractivity contribution in [2.45, 2.75) is 50.3 Å². The van der Waals surface area contributed by atoms with Crippen molar-refractivity contribution in [1.29, 1.82) is 0 Å². The predicted molar refractivity (Wildman–Crippen MR) is 110 cm³/mol. The molecule has 0 amide bonds. The predicted octanol–water partition coefficient (Wildman–Crippen LogP) is 3.68. The average molecular weight is 390 g/mol. The number of aliphatic hydroxyl groups is 1. The molecule has 6 heteroatoms. The highest BCUT2D eigenvalue weighted by molar-refractivity contribution is 5.39. The van der Waals surface area contributed by atoms with Crippen LogP contribution in [-0.2, 0) is 12.1 Å². The van der Waals surface area contributed by atoms with Crippen LogP contribution in [0.15, 0.2) is 54.7 Å². The van der Waals surface area contributed by atoms with E-state index in [0.29, 0.717) is 13.1 Å². The lowest BCUT2D eigenvalue weighted by Gasteiger charge is -2.51. The van der Waals surface area contributed by atoms with Crippen LogP contribution < -0.4 is 0 Å². The van der Waals surface area contributed by atoms with Gasteiger partial charge in [0.15, 0.2) is 0 Å². The van der Waals surface area contributed by atoms with Crippen molar-refractivity contribution >= 4 is 0 Å². The van der Waals surface area contributed by atoms with Crippen LogP contribution in [0, 0.1) is 0 Å². The van der Waals surface area contributed by atoms with Gasteiger partial charge in [-0.3, -0.25) is 4.90 Å². The second kappa shape index (κ2) is 7.28. The van der Waals surface area contributed by atoms with E-state index in [0.717, 1.165) is 29.8 Å². The Morgan fingerprint density at radius 2 is 1.76 bits per heavy atom. The molecule has 3 aromatic rings. The number of benzene rings is 2. The fourth-order valence-corrected chi connectivity index (χ4v) is 5.10. The Morgan fingerprint density at radius 1 is 1.00 bits per heavy atom. The molecule has 1 saturated carbocycles. The van der Waals surface area contributed by atoms with Gasteiger partial charge in [-0.05, 0) is 48.2 Å². The van der Waals surface area contributed by atoms with Gasteiger partial charge < -0.3 is 10.2 Å². The zero-order valence-electron chi connectivity index (χ0n) is 16.4. The summed E-state index contributed by atoms with van der Waals surface area (Å²) in [5.74, 6) is 0.231. The number of phenols is 1. The molecule has 1 fully saturated rings. The van der Waals surface area contributed by atoms with Crippen LogP contribution in [0.4, 0.5) is 0 Å². The maximum atomic E-state index is 10.8. The topological polar surface area (TPSA) is 74.4 Å². The van der Waals surface area contributed by atoms with E-state index in [2.05, 4.69) is 33.4 Å². The number of β-amino-alcohol motifs (C(OH)–C–C–N with tert-alkyl or cyclic N) is 1. The second-order valence-electron chi connectivity index (χ2n) is 8.25. The standard InChI is InChI=1S/C23H26N4O2/c28-19-10-8-18(9-11-19)27-15-17(24-25-27)14-26-16-22(29)20-6-2-3-7-21(20)23(26)12-4-1-5-13-23/h2-3,6-11,15,22,28-29H,1,4-5,12-14,16H2. The van der Waals surface area contributed by atoms with Gasteiger partial charge in [-0.1, -0.05) is 48.7 Å². The maximum Gasteiger partial charge on any atom is 0.115 e. The number of fused-ring (bicyclic) bond motifs is 2. The third-order valence-corrected chi connectivity index (χ3v) is 6.51. The van der Waals surface area contributed by atoms with Gasteiger partial charge in [-0.15, -0.1) is 5.10 Å². The van der Waals surface area contributed by atoms with Crippen molar-refractivity contribution in [3.8, 4) is 11.4 Å². The van der Waals surface area contributed by atoms with Crippen LogP contribution in [0.25, 0.3) is 5.69 Å². The smallest absolute Gasteiger partial charge is 0.115 e. The van der Waals surface area contributed by atoms with Gasteiger partial charge in [0.1, 0.15) is 5.75 Å². The van der Waals surface area contributed by atoms with Gasteiger partial charge >= 0.3 is 0 Å². The molecule has 1 atom stereocenters. The number of hydrogen-bond acceptors (Lipinski definition) is 5. The molecule has 2 heterocycles. The zero-order chi connectivity index (χ0) is 19.8. The summed E-state index contributed by atoms with van der Waals surface area (Å²) >= 11 is 0. The molecular formula is C23H26N4O2. The Morgan fingerprint density at radius 3 is 2.55 bits per heavy atom. The van der Waals surface area contributed by atoms with Gasteiger partial charge in [0.05, 0.1) is 23.7 Å². The molecule has 1 spiro atoms. The molecule has 0 saturated heterocycles. The Hall–Kier alpha value is -2.70. The van der Waals surface area contributed by atoms with Crippen LogP contribution in [0.5, 0.6) is 5.75 Å². The van der Waals surface area contributed by atoms with Crippen molar-refractivity contribution in [1.82, 2.24) is 19.9 Å². The van der Waals surface area contributed by atoms with Crippen molar-refractivity contribution in [3.05, 3.63) is 71.5 Å². The monoisotopic (exact) mass is 390 g/mol. The zero-order valence-corrected chi connectivity index (χ0v) is 16.4. The van der Waals surface area contributed by atoms with E-state index in [1.54, 1.807) is 16.8 Å². The highest BCUT2D eigenvalue weighted by atomic mass is 16.3. The van der Waals surface area contributed by atoms with E-state index in [1.807, 2.05) is 24.4 Å². The maximum absolute atomic E-state index is 10.8. The summed E-state index contributed by atoms with van der Waals surface area (Å²) in [6.45, 7) is 1.27. The molecule has 150 valence electrons. The normalized spacial score (nSPS) is 21.2. The lowest BCUT2D eigenvalue weighted by Crippen LogP contribution is -2.52. The van der Waals surface area contributed by atoms with Crippen LogP contribution in [0.3, 0.4) is 0 Å². The first-order valence-corrected chi connectivity index (χ1v) is 10.4. The molecule has 0 radical (unpaired) electrons. The fourth-order valence-electron chi connectivity index (χ4n) is 5.10. The number of phenolic OH excluding ortho intramolecular Hbond substituents is 1. The van der Waals surface area contributed by atoms with Crippen LogP contribution >= 0.6 is 0 Å². The summed E-state index contributed by atoms with van der Waals surface area (Å²) in [7, 11) is 0. The summed E-state index contributed by atoms with van der Waals surface area (Å²) in [4.78, 5) is 2.42. The number of aromatic nitrogens is 3. The van der Waals surface area contributed by atoms with E-state index < -0.39 is 6.10 Å².